The van der Waals surface area contributed by atoms with Crippen molar-refractivity contribution in [2.75, 3.05) is 6.54 Å². The van der Waals surface area contributed by atoms with Crippen molar-refractivity contribution in [1.29, 1.82) is 0 Å². The molecule has 0 heterocycles. The zero-order chi connectivity index (χ0) is 11.2. The van der Waals surface area contributed by atoms with Gasteiger partial charge in [0, 0.05) is 19.0 Å². The highest BCUT2D eigenvalue weighted by Gasteiger charge is 2.06. The first kappa shape index (κ1) is 13.3. The second-order valence-electron chi connectivity index (χ2n) is 3.07. The van der Waals surface area contributed by atoms with Crippen molar-refractivity contribution in [2.45, 2.75) is 32.7 Å². The van der Waals surface area contributed by atoms with Crippen LogP contribution < -0.4 is 15.2 Å². The maximum Gasteiger partial charge on any atom is 0.274 e. The molecular weight excluding hydrogens is 206 g/mol. The van der Waals surface area contributed by atoms with E-state index in [9.17, 15) is 13.2 Å². The first-order valence-electron chi connectivity index (χ1n) is 4.42. The zero-order valence-corrected chi connectivity index (χ0v) is 9.23. The third-order valence-electron chi connectivity index (χ3n) is 1.68. The molecule has 14 heavy (non-hydrogen) atoms. The molecule has 0 aliphatic carbocycles. The Kier molecular flexibility index (Phi) is 5.66. The number of hydrogen-bond donors (Lipinski definition) is 3. The Hall–Kier alpha value is -0.660. The SMILES string of the molecule is CCC(C)NC(=O)CCNS(N)(=O)=O. The van der Waals surface area contributed by atoms with Crippen molar-refractivity contribution in [3.8, 4) is 0 Å². The number of hydrogen-bond acceptors (Lipinski definition) is 3. The van der Waals surface area contributed by atoms with Gasteiger partial charge in [-0.1, -0.05) is 6.92 Å². The number of nitrogens with one attached hydrogen (secondary N) is 2. The van der Waals surface area contributed by atoms with Gasteiger partial charge in [-0.2, -0.15) is 8.42 Å². The molecule has 0 saturated heterocycles. The molecule has 0 aromatic heterocycles. The fourth-order valence-corrected chi connectivity index (χ4v) is 1.14. The van der Waals surface area contributed by atoms with Crippen molar-refractivity contribution >= 4 is 16.1 Å². The topological polar surface area (TPSA) is 101 Å². The summed E-state index contributed by atoms with van der Waals surface area (Å²) in [7, 11) is -3.68. The van der Waals surface area contributed by atoms with Gasteiger partial charge in [0.15, 0.2) is 0 Å². The molecule has 1 amide bonds. The van der Waals surface area contributed by atoms with Crippen LogP contribution in [-0.2, 0) is 15.0 Å². The van der Waals surface area contributed by atoms with Gasteiger partial charge in [-0.25, -0.2) is 9.86 Å². The van der Waals surface area contributed by atoms with Gasteiger partial charge < -0.3 is 5.32 Å². The molecule has 0 saturated carbocycles. The van der Waals surface area contributed by atoms with E-state index >= 15 is 0 Å². The van der Waals surface area contributed by atoms with E-state index in [2.05, 4.69) is 10.5 Å². The summed E-state index contributed by atoms with van der Waals surface area (Å²) in [6.07, 6.45) is 0.940. The Morgan fingerprint density at radius 1 is 1.50 bits per heavy atom. The molecule has 84 valence electrons. The fourth-order valence-electron chi connectivity index (χ4n) is 0.756. The van der Waals surface area contributed by atoms with Crippen molar-refractivity contribution in [3.63, 3.8) is 0 Å². The monoisotopic (exact) mass is 223 g/mol. The Morgan fingerprint density at radius 3 is 2.50 bits per heavy atom. The third-order valence-corrected chi connectivity index (χ3v) is 2.28. The van der Waals surface area contributed by atoms with Gasteiger partial charge in [-0.15, -0.1) is 0 Å². The standard InChI is InChI=1S/C7H17N3O3S/c1-3-6(2)10-7(11)4-5-9-14(8,12)13/h6,9H,3-5H2,1-2H3,(H,10,11)(H2,8,12,13). The lowest BCUT2D eigenvalue weighted by atomic mass is 10.2. The summed E-state index contributed by atoms with van der Waals surface area (Å²) in [6.45, 7) is 3.86. The quantitative estimate of drug-likeness (QED) is 0.543. The fraction of sp³-hybridized carbons (Fsp3) is 0.857. The van der Waals surface area contributed by atoms with Crippen LogP contribution in [0.5, 0.6) is 0 Å². The van der Waals surface area contributed by atoms with Crippen LogP contribution >= 0.6 is 0 Å². The van der Waals surface area contributed by atoms with E-state index in [0.717, 1.165) is 6.42 Å². The summed E-state index contributed by atoms with van der Waals surface area (Å²) in [4.78, 5) is 11.1. The molecule has 0 aromatic rings. The maximum absolute atomic E-state index is 11.1. The van der Waals surface area contributed by atoms with Gasteiger partial charge in [-0.05, 0) is 13.3 Å². The van der Waals surface area contributed by atoms with Gasteiger partial charge in [0.1, 0.15) is 0 Å². The maximum atomic E-state index is 11.1. The third kappa shape index (κ3) is 7.96. The molecule has 1 atom stereocenters. The normalized spacial score (nSPS) is 13.6. The highest BCUT2D eigenvalue weighted by atomic mass is 32.2. The molecule has 4 N–H and O–H groups in total. The highest BCUT2D eigenvalue weighted by molar-refractivity contribution is 7.87. The molecule has 0 aromatic carbocycles. The highest BCUT2D eigenvalue weighted by Crippen LogP contribution is 1.89. The van der Waals surface area contributed by atoms with E-state index in [-0.39, 0.29) is 24.9 Å². The lowest BCUT2D eigenvalue weighted by Gasteiger charge is -2.10. The van der Waals surface area contributed by atoms with Crippen LogP contribution in [0.4, 0.5) is 0 Å². The molecule has 1 unspecified atom stereocenters. The predicted molar refractivity (Wildman–Crippen MR) is 53.6 cm³/mol. The Morgan fingerprint density at radius 2 is 2.07 bits per heavy atom. The number of nitrogens with two attached hydrogens (primary N) is 1. The van der Waals surface area contributed by atoms with E-state index in [0.29, 0.717) is 0 Å². The molecule has 0 fully saturated rings. The number of amides is 1. The minimum Gasteiger partial charge on any atom is -0.354 e. The Balaban J connectivity index is 3.65. The molecule has 7 heteroatoms. The lowest BCUT2D eigenvalue weighted by Crippen LogP contribution is -2.37. The summed E-state index contributed by atoms with van der Waals surface area (Å²) >= 11 is 0. The molecule has 0 rings (SSSR count). The first-order valence-corrected chi connectivity index (χ1v) is 5.96. The minimum absolute atomic E-state index is 0.0289. The Bertz CT molecular complexity index is 276. The molecule has 0 aliphatic rings. The van der Waals surface area contributed by atoms with Gasteiger partial charge in [-0.3, -0.25) is 4.79 Å². The van der Waals surface area contributed by atoms with E-state index in [1.165, 1.54) is 0 Å². The van der Waals surface area contributed by atoms with Gasteiger partial charge in [0.05, 0.1) is 0 Å². The zero-order valence-electron chi connectivity index (χ0n) is 8.41. The molecule has 0 spiro atoms. The average molecular weight is 223 g/mol. The van der Waals surface area contributed by atoms with Gasteiger partial charge in [0.25, 0.3) is 10.2 Å². The summed E-state index contributed by atoms with van der Waals surface area (Å²) in [5, 5.41) is 7.38. The number of carbonyl (C=O) groups excluding carboxylic acids is 1. The van der Waals surface area contributed by atoms with Crippen LogP contribution in [-0.4, -0.2) is 26.9 Å². The number of carbonyl (C=O) groups is 1. The van der Waals surface area contributed by atoms with Crippen LogP contribution in [0, 0.1) is 0 Å². The van der Waals surface area contributed by atoms with Crippen molar-refractivity contribution in [2.24, 2.45) is 5.14 Å². The summed E-state index contributed by atoms with van der Waals surface area (Å²) in [6, 6.07) is 0.108. The van der Waals surface area contributed by atoms with Crippen molar-refractivity contribution < 1.29 is 13.2 Å². The van der Waals surface area contributed by atoms with Gasteiger partial charge in [0.2, 0.25) is 5.91 Å². The van der Waals surface area contributed by atoms with Crippen LogP contribution in [0.15, 0.2) is 0 Å². The lowest BCUT2D eigenvalue weighted by molar-refractivity contribution is -0.121. The smallest absolute Gasteiger partial charge is 0.274 e. The van der Waals surface area contributed by atoms with E-state index < -0.39 is 10.2 Å². The average Bonchev–Trinajstić information content (AvgIpc) is 2.01. The largest absolute Gasteiger partial charge is 0.354 e. The van der Waals surface area contributed by atoms with Crippen LogP contribution in [0.1, 0.15) is 26.7 Å². The van der Waals surface area contributed by atoms with Crippen LogP contribution in [0.25, 0.3) is 0 Å². The van der Waals surface area contributed by atoms with Crippen LogP contribution in [0.3, 0.4) is 0 Å². The van der Waals surface area contributed by atoms with Gasteiger partial charge >= 0.3 is 0 Å². The molecular formula is C7H17N3O3S. The van der Waals surface area contributed by atoms with Crippen LogP contribution in [0.2, 0.25) is 0 Å². The van der Waals surface area contributed by atoms with E-state index in [1.54, 1.807) is 0 Å². The second kappa shape index (κ2) is 5.94. The first-order chi connectivity index (χ1) is 6.35. The summed E-state index contributed by atoms with van der Waals surface area (Å²) < 4.78 is 22.9. The molecule has 0 bridgehead atoms. The Labute approximate surface area is 84.4 Å². The molecule has 0 aliphatic heterocycles. The van der Waals surface area contributed by atoms with E-state index in [4.69, 9.17) is 0 Å². The van der Waals surface area contributed by atoms with Crippen molar-refractivity contribution in [3.05, 3.63) is 0 Å². The van der Waals surface area contributed by atoms with Crippen molar-refractivity contribution in [1.82, 2.24) is 10.0 Å². The second-order valence-corrected chi connectivity index (χ2v) is 4.44. The molecule has 0 radical (unpaired) electrons. The number of rotatable bonds is 6. The summed E-state index contributed by atoms with van der Waals surface area (Å²) in [5.74, 6) is -0.185. The molecule has 6 nitrogen and oxygen atoms in total. The predicted octanol–water partition coefficient (Wildman–Crippen LogP) is -0.916. The van der Waals surface area contributed by atoms with E-state index in [1.807, 2.05) is 18.6 Å². The minimum atomic E-state index is -3.68. The summed E-state index contributed by atoms with van der Waals surface area (Å²) in [5.41, 5.74) is 0.